The first-order chi connectivity index (χ1) is 28.3. The Morgan fingerprint density at radius 3 is 1.50 bits per heavy atom. The number of hydrogen-bond donors (Lipinski definition) is 3. The number of aliphatic hydroxyl groups excluding tert-OH is 2. The number of hydrogen-bond acceptors (Lipinski definition) is 8. The average Bonchev–Trinajstić information content (AvgIpc) is 3.21. The molecule has 0 spiro atoms. The van der Waals surface area contributed by atoms with Crippen LogP contribution < -0.4 is 0 Å². The van der Waals surface area contributed by atoms with Crippen LogP contribution in [0.15, 0.2) is 72.9 Å². The summed E-state index contributed by atoms with van der Waals surface area (Å²) in [5.41, 5.74) is 0. The van der Waals surface area contributed by atoms with Crippen LogP contribution in [-0.4, -0.2) is 66.3 Å². The van der Waals surface area contributed by atoms with Crippen molar-refractivity contribution in [1.29, 1.82) is 0 Å². The van der Waals surface area contributed by atoms with Gasteiger partial charge in [0.05, 0.1) is 26.4 Å². The maximum atomic E-state index is 12.6. The van der Waals surface area contributed by atoms with Crippen molar-refractivity contribution in [1.82, 2.24) is 0 Å². The third-order valence-corrected chi connectivity index (χ3v) is 10.3. The Morgan fingerprint density at radius 2 is 0.983 bits per heavy atom. The number of rotatable bonds is 43. The molecular weight excluding hydrogens is 751 g/mol. The number of unbranched alkanes of at least 4 members (excludes halogenated alkanes) is 17. The van der Waals surface area contributed by atoms with Gasteiger partial charge in [-0.3, -0.25) is 13.8 Å². The normalized spacial score (nSPS) is 14.6. The minimum atomic E-state index is -4.53. The van der Waals surface area contributed by atoms with Gasteiger partial charge in [-0.2, -0.15) is 0 Å². The van der Waals surface area contributed by atoms with E-state index in [0.717, 1.165) is 89.9 Å². The van der Waals surface area contributed by atoms with E-state index in [2.05, 4.69) is 86.8 Å². The summed E-state index contributed by atoms with van der Waals surface area (Å²) in [6.07, 6.45) is 52.9. The second-order valence-electron chi connectivity index (χ2n) is 15.0. The van der Waals surface area contributed by atoms with E-state index < -0.39 is 45.8 Å². The van der Waals surface area contributed by atoms with Crippen LogP contribution in [0, 0.1) is 0 Å². The molecule has 58 heavy (non-hydrogen) atoms. The maximum Gasteiger partial charge on any atom is 0.472 e. The number of phosphoric acid groups is 1. The fourth-order valence-corrected chi connectivity index (χ4v) is 6.70. The lowest BCUT2D eigenvalue weighted by Gasteiger charge is -2.20. The predicted octanol–water partition coefficient (Wildman–Crippen LogP) is 12.9. The lowest BCUT2D eigenvalue weighted by molar-refractivity contribution is -0.154. The Kier molecular flexibility index (Phi) is 42.8. The van der Waals surface area contributed by atoms with Crippen LogP contribution >= 0.6 is 7.82 Å². The molecule has 0 aliphatic heterocycles. The zero-order valence-corrected chi connectivity index (χ0v) is 37.6. The highest BCUT2D eigenvalue weighted by Gasteiger charge is 2.26. The molecule has 0 saturated heterocycles. The molecule has 10 heteroatoms. The average molecular weight is 837 g/mol. The molecule has 0 radical (unpaired) electrons. The van der Waals surface area contributed by atoms with Crippen LogP contribution in [0.5, 0.6) is 0 Å². The van der Waals surface area contributed by atoms with Gasteiger partial charge < -0.3 is 24.6 Å². The Bertz CT molecular complexity index is 1130. The van der Waals surface area contributed by atoms with Crippen molar-refractivity contribution < 1.29 is 43.0 Å². The molecule has 0 aliphatic rings. The molecule has 336 valence electrons. The Hall–Kier alpha value is -2.10. The fourth-order valence-electron chi connectivity index (χ4n) is 5.91. The molecule has 0 fully saturated rings. The minimum absolute atomic E-state index is 0.0271. The Balaban J connectivity index is 4.22. The number of carbonyl (C=O) groups excluding carboxylic acids is 1. The lowest BCUT2D eigenvalue weighted by Crippen LogP contribution is -2.29. The van der Waals surface area contributed by atoms with Crippen molar-refractivity contribution in [2.24, 2.45) is 0 Å². The van der Waals surface area contributed by atoms with Gasteiger partial charge in [0.25, 0.3) is 0 Å². The van der Waals surface area contributed by atoms with Crippen molar-refractivity contribution >= 4 is 13.8 Å². The predicted molar refractivity (Wildman–Crippen MR) is 242 cm³/mol. The molecule has 3 N–H and O–H groups in total. The van der Waals surface area contributed by atoms with Crippen molar-refractivity contribution in [3.8, 4) is 0 Å². The summed E-state index contributed by atoms with van der Waals surface area (Å²) in [6, 6.07) is 0. The van der Waals surface area contributed by atoms with Crippen LogP contribution in [0.2, 0.25) is 0 Å². The number of phosphoric ester groups is 1. The van der Waals surface area contributed by atoms with E-state index in [-0.39, 0.29) is 13.0 Å². The van der Waals surface area contributed by atoms with Gasteiger partial charge in [-0.15, -0.1) is 0 Å². The highest BCUT2D eigenvalue weighted by Crippen LogP contribution is 2.43. The highest BCUT2D eigenvalue weighted by atomic mass is 31.2. The second-order valence-corrected chi connectivity index (χ2v) is 16.5. The van der Waals surface area contributed by atoms with Gasteiger partial charge >= 0.3 is 13.8 Å². The van der Waals surface area contributed by atoms with E-state index in [9.17, 15) is 19.4 Å². The maximum absolute atomic E-state index is 12.6. The molecule has 9 nitrogen and oxygen atoms in total. The van der Waals surface area contributed by atoms with Crippen LogP contribution in [-0.2, 0) is 27.9 Å². The van der Waals surface area contributed by atoms with E-state index in [0.29, 0.717) is 13.0 Å². The Morgan fingerprint density at radius 1 is 0.552 bits per heavy atom. The van der Waals surface area contributed by atoms with Crippen LogP contribution in [0.4, 0.5) is 0 Å². The van der Waals surface area contributed by atoms with E-state index in [1.54, 1.807) is 0 Å². The first-order valence-corrected chi connectivity index (χ1v) is 24.4. The van der Waals surface area contributed by atoms with E-state index in [1.165, 1.54) is 64.2 Å². The number of carbonyl (C=O) groups is 1. The van der Waals surface area contributed by atoms with Crippen molar-refractivity contribution in [3.63, 3.8) is 0 Å². The van der Waals surface area contributed by atoms with Gasteiger partial charge in [-0.1, -0.05) is 164 Å². The molecule has 0 heterocycles. The molecule has 0 aromatic heterocycles. The molecule has 0 bridgehead atoms. The molecule has 0 rings (SSSR count). The van der Waals surface area contributed by atoms with E-state index in [4.69, 9.17) is 23.6 Å². The summed E-state index contributed by atoms with van der Waals surface area (Å²) in [4.78, 5) is 22.6. The zero-order chi connectivity index (χ0) is 42.5. The topological polar surface area (TPSA) is 132 Å². The van der Waals surface area contributed by atoms with Gasteiger partial charge in [-0.25, -0.2) is 4.57 Å². The summed E-state index contributed by atoms with van der Waals surface area (Å²) in [6.45, 7) is 3.33. The number of ether oxygens (including phenoxy) is 2. The molecule has 0 aromatic rings. The van der Waals surface area contributed by atoms with Crippen LogP contribution in [0.3, 0.4) is 0 Å². The summed E-state index contributed by atoms with van der Waals surface area (Å²) in [5.74, 6) is -0.399. The fraction of sp³-hybridized carbons (Fsp3) is 0.729. The van der Waals surface area contributed by atoms with Crippen LogP contribution in [0.25, 0.3) is 0 Å². The van der Waals surface area contributed by atoms with Crippen LogP contribution in [0.1, 0.15) is 181 Å². The lowest BCUT2D eigenvalue weighted by atomic mass is 10.1. The largest absolute Gasteiger partial charge is 0.472 e. The summed E-state index contributed by atoms with van der Waals surface area (Å²) < 4.78 is 33.4. The van der Waals surface area contributed by atoms with Gasteiger partial charge in [0.2, 0.25) is 0 Å². The number of esters is 1. The van der Waals surface area contributed by atoms with Gasteiger partial charge in [0, 0.05) is 13.0 Å². The third-order valence-electron chi connectivity index (χ3n) is 9.38. The first kappa shape index (κ1) is 55.9. The smallest absolute Gasteiger partial charge is 0.457 e. The molecular formula is C48H85O9P. The first-order valence-electron chi connectivity index (χ1n) is 22.9. The standard InChI is InChI=1S/C48H85O9P/c1-3-5-7-9-11-13-15-17-19-21-22-23-25-27-29-31-33-35-37-39-41-54-44-47(45-56-58(52,53)55-43-46(50)42-49)57-48(51)40-38-36-34-32-30-28-26-24-20-18-16-14-12-10-8-6-4-2/h5,7,11,13,17-20,22-23,27,29,46-47,49-50H,3-4,6,8-10,12,14-16,21,24-26,28,30-45H2,1-2H3,(H,52,53)/b7-5-,13-11-,19-17-,20-18-,23-22-,29-27-. The van der Waals surface area contributed by atoms with Gasteiger partial charge in [0.15, 0.2) is 0 Å². The molecule has 0 saturated carbocycles. The molecule has 3 atom stereocenters. The van der Waals surface area contributed by atoms with Crippen molar-refractivity contribution in [3.05, 3.63) is 72.9 Å². The molecule has 0 aromatic carbocycles. The summed E-state index contributed by atoms with van der Waals surface area (Å²) in [5, 5.41) is 18.4. The van der Waals surface area contributed by atoms with Gasteiger partial charge in [0.1, 0.15) is 12.2 Å². The zero-order valence-electron chi connectivity index (χ0n) is 36.7. The summed E-state index contributed by atoms with van der Waals surface area (Å²) in [7, 11) is -4.53. The van der Waals surface area contributed by atoms with Crippen molar-refractivity contribution in [2.75, 3.05) is 33.0 Å². The van der Waals surface area contributed by atoms with Crippen molar-refractivity contribution in [2.45, 2.75) is 193 Å². The van der Waals surface area contributed by atoms with E-state index >= 15 is 0 Å². The third kappa shape index (κ3) is 43.5. The summed E-state index contributed by atoms with van der Waals surface area (Å²) >= 11 is 0. The molecule has 0 aliphatic carbocycles. The quantitative estimate of drug-likeness (QED) is 0.0238. The van der Waals surface area contributed by atoms with E-state index in [1.807, 2.05) is 0 Å². The van der Waals surface area contributed by atoms with Gasteiger partial charge in [-0.05, 0) is 83.5 Å². The molecule has 3 unspecified atom stereocenters. The molecule has 0 amide bonds. The monoisotopic (exact) mass is 837 g/mol. The minimum Gasteiger partial charge on any atom is -0.457 e. The SMILES string of the molecule is CC/C=C\C/C=C\C/C=C\C/C=C\C/C=C\CCCCCCOCC(COP(=O)(O)OCC(O)CO)OC(=O)CCCCCCCCC/C=C\CCCCCCCC. The second kappa shape index (κ2) is 44.5. The Labute approximate surface area is 354 Å². The highest BCUT2D eigenvalue weighted by molar-refractivity contribution is 7.47. The number of aliphatic hydroxyl groups is 2. The number of allylic oxidation sites excluding steroid dienone is 12.